The maximum absolute atomic E-state index is 12.0. The van der Waals surface area contributed by atoms with Crippen LogP contribution in [0.5, 0.6) is 5.75 Å². The van der Waals surface area contributed by atoms with E-state index >= 15 is 0 Å². The van der Waals surface area contributed by atoms with E-state index in [0.29, 0.717) is 11.7 Å². The molecule has 1 heterocycles. The molecule has 1 aromatic heterocycles. The molecule has 1 atom stereocenters. The van der Waals surface area contributed by atoms with Gasteiger partial charge >= 0.3 is 0 Å². The number of amides is 2. The molecule has 2 rings (SSSR count). The largest absolute Gasteiger partial charge is 0.494 e. The van der Waals surface area contributed by atoms with E-state index in [0.717, 1.165) is 17.0 Å². The van der Waals surface area contributed by atoms with Gasteiger partial charge in [0.25, 0.3) is 0 Å². The monoisotopic (exact) mass is 412 g/mol. The molecule has 0 saturated heterocycles. The summed E-state index contributed by atoms with van der Waals surface area (Å²) >= 11 is 1.32. The van der Waals surface area contributed by atoms with Crippen LogP contribution in [0, 0.1) is 5.92 Å². The van der Waals surface area contributed by atoms with Crippen LogP contribution < -0.4 is 21.1 Å². The van der Waals surface area contributed by atoms with E-state index in [2.05, 4.69) is 15.6 Å². The number of hydrogen-bond donors (Lipinski definition) is 3. The van der Waals surface area contributed by atoms with Crippen molar-refractivity contribution in [3.05, 3.63) is 29.6 Å². The van der Waals surface area contributed by atoms with Crippen molar-refractivity contribution in [2.24, 2.45) is 11.7 Å². The fraction of sp³-hybridized carbons (Fsp3) is 0.389. The van der Waals surface area contributed by atoms with Crippen molar-refractivity contribution in [2.75, 3.05) is 18.5 Å². The third-order valence-corrected chi connectivity index (χ3v) is 4.41. The van der Waals surface area contributed by atoms with E-state index in [9.17, 15) is 9.59 Å². The Labute approximate surface area is 169 Å². The molecule has 148 valence electrons. The highest BCUT2D eigenvalue weighted by molar-refractivity contribution is 7.14. The number of nitrogens with zero attached hydrogens (tertiary/aromatic N) is 1. The summed E-state index contributed by atoms with van der Waals surface area (Å²) in [6.07, 6.45) is 0. The number of anilines is 1. The molecule has 4 N–H and O–H groups in total. The van der Waals surface area contributed by atoms with Crippen molar-refractivity contribution in [1.29, 1.82) is 0 Å². The van der Waals surface area contributed by atoms with Gasteiger partial charge < -0.3 is 21.1 Å². The third-order valence-electron chi connectivity index (χ3n) is 3.66. The number of aromatic nitrogens is 1. The van der Waals surface area contributed by atoms with Crippen molar-refractivity contribution in [2.45, 2.75) is 26.8 Å². The summed E-state index contributed by atoms with van der Waals surface area (Å²) in [6.45, 7) is 6.11. The number of hydrogen-bond acceptors (Lipinski definition) is 6. The SMILES string of the molecule is CCOc1ccc(-c2csc(NC(=O)CNC(=O)[C@@H](N)C(C)C)n2)cc1.Cl. The van der Waals surface area contributed by atoms with E-state index in [1.807, 2.05) is 50.4 Å². The molecule has 1 aromatic carbocycles. The number of halogens is 1. The number of thiazole rings is 1. The van der Waals surface area contributed by atoms with Gasteiger partial charge in [0.05, 0.1) is 24.9 Å². The van der Waals surface area contributed by atoms with Gasteiger partial charge in [0.15, 0.2) is 5.13 Å². The zero-order valence-electron chi connectivity index (χ0n) is 15.5. The zero-order valence-corrected chi connectivity index (χ0v) is 17.2. The Hall–Kier alpha value is -2.16. The second-order valence-electron chi connectivity index (χ2n) is 6.03. The molecule has 0 aliphatic heterocycles. The van der Waals surface area contributed by atoms with Crippen LogP contribution in [0.25, 0.3) is 11.3 Å². The highest BCUT2D eigenvalue weighted by Gasteiger charge is 2.18. The summed E-state index contributed by atoms with van der Waals surface area (Å²) in [5.74, 6) is 0.121. The standard InChI is InChI=1S/C18H24N4O3S.ClH/c1-4-25-13-7-5-12(6-8-13)14-10-26-18(21-14)22-15(23)9-20-17(24)16(19)11(2)3;/h5-8,10-11,16H,4,9,19H2,1-3H3,(H,20,24)(H,21,22,23);1H/t16-;/m0./s1. The van der Waals surface area contributed by atoms with Gasteiger partial charge in [-0.3, -0.25) is 9.59 Å². The average molecular weight is 413 g/mol. The summed E-state index contributed by atoms with van der Waals surface area (Å²) in [4.78, 5) is 28.1. The molecule has 0 unspecified atom stereocenters. The summed E-state index contributed by atoms with van der Waals surface area (Å²) in [5.41, 5.74) is 7.43. The van der Waals surface area contributed by atoms with Crippen LogP contribution in [0.2, 0.25) is 0 Å². The van der Waals surface area contributed by atoms with Crippen LogP contribution in [-0.2, 0) is 9.59 Å². The van der Waals surface area contributed by atoms with Gasteiger partial charge in [-0.25, -0.2) is 4.98 Å². The Morgan fingerprint density at radius 3 is 2.52 bits per heavy atom. The highest BCUT2D eigenvalue weighted by atomic mass is 35.5. The lowest BCUT2D eigenvalue weighted by atomic mass is 10.1. The molecular formula is C18H25ClN4O3S. The van der Waals surface area contributed by atoms with Crippen molar-refractivity contribution >= 4 is 40.7 Å². The van der Waals surface area contributed by atoms with E-state index < -0.39 is 6.04 Å². The minimum atomic E-state index is -0.631. The van der Waals surface area contributed by atoms with Gasteiger partial charge in [-0.1, -0.05) is 13.8 Å². The van der Waals surface area contributed by atoms with Gasteiger partial charge in [-0.2, -0.15) is 0 Å². The Morgan fingerprint density at radius 1 is 1.26 bits per heavy atom. The number of nitrogens with one attached hydrogen (secondary N) is 2. The van der Waals surface area contributed by atoms with Crippen molar-refractivity contribution in [3.63, 3.8) is 0 Å². The highest BCUT2D eigenvalue weighted by Crippen LogP contribution is 2.26. The Bertz CT molecular complexity index is 749. The fourth-order valence-electron chi connectivity index (χ4n) is 2.10. The Kier molecular flexibility index (Phi) is 9.20. The number of rotatable bonds is 8. The topological polar surface area (TPSA) is 106 Å². The first-order valence-corrected chi connectivity index (χ1v) is 9.30. The summed E-state index contributed by atoms with van der Waals surface area (Å²) < 4.78 is 5.41. The van der Waals surface area contributed by atoms with Gasteiger partial charge in [0.1, 0.15) is 5.75 Å². The van der Waals surface area contributed by atoms with Crippen molar-refractivity contribution < 1.29 is 14.3 Å². The first-order chi connectivity index (χ1) is 12.4. The van der Waals surface area contributed by atoms with Crippen LogP contribution in [0.4, 0.5) is 5.13 Å². The van der Waals surface area contributed by atoms with Crippen LogP contribution in [0.3, 0.4) is 0 Å². The normalized spacial score (nSPS) is 11.4. The summed E-state index contributed by atoms with van der Waals surface area (Å²) in [6, 6.07) is 6.96. The number of nitrogens with two attached hydrogens (primary N) is 1. The molecule has 0 aliphatic carbocycles. The molecule has 0 saturated carbocycles. The van der Waals surface area contributed by atoms with Crippen LogP contribution in [-0.4, -0.2) is 36.0 Å². The smallest absolute Gasteiger partial charge is 0.245 e. The zero-order chi connectivity index (χ0) is 19.1. The first-order valence-electron chi connectivity index (χ1n) is 8.42. The molecule has 27 heavy (non-hydrogen) atoms. The average Bonchev–Trinajstić information content (AvgIpc) is 3.08. The Morgan fingerprint density at radius 2 is 1.93 bits per heavy atom. The molecule has 7 nitrogen and oxygen atoms in total. The van der Waals surface area contributed by atoms with E-state index in [1.54, 1.807) is 0 Å². The van der Waals surface area contributed by atoms with Crippen molar-refractivity contribution in [3.8, 4) is 17.0 Å². The van der Waals surface area contributed by atoms with Crippen LogP contribution >= 0.6 is 23.7 Å². The van der Waals surface area contributed by atoms with Gasteiger partial charge in [0.2, 0.25) is 11.8 Å². The molecule has 0 radical (unpaired) electrons. The van der Waals surface area contributed by atoms with E-state index in [1.165, 1.54) is 11.3 Å². The molecule has 0 spiro atoms. The molecule has 9 heteroatoms. The molecule has 0 bridgehead atoms. The third kappa shape index (κ3) is 6.82. The second kappa shape index (κ2) is 10.9. The van der Waals surface area contributed by atoms with Gasteiger partial charge in [0, 0.05) is 10.9 Å². The molecule has 0 aliphatic rings. The maximum atomic E-state index is 12.0. The first kappa shape index (κ1) is 22.9. The summed E-state index contributed by atoms with van der Waals surface area (Å²) in [7, 11) is 0. The lowest BCUT2D eigenvalue weighted by molar-refractivity contribution is -0.125. The second-order valence-corrected chi connectivity index (χ2v) is 6.89. The number of carbonyl (C=O) groups excluding carboxylic acids is 2. The molecular weight excluding hydrogens is 388 g/mol. The number of benzene rings is 1. The molecule has 2 aromatic rings. The molecule has 2 amide bonds. The quantitative estimate of drug-likeness (QED) is 0.618. The van der Waals surface area contributed by atoms with Crippen LogP contribution in [0.1, 0.15) is 20.8 Å². The fourth-order valence-corrected chi connectivity index (χ4v) is 2.84. The van der Waals surface area contributed by atoms with Crippen LogP contribution in [0.15, 0.2) is 29.6 Å². The maximum Gasteiger partial charge on any atom is 0.245 e. The predicted molar refractivity (Wildman–Crippen MR) is 110 cm³/mol. The predicted octanol–water partition coefficient (Wildman–Crippen LogP) is 2.67. The lowest BCUT2D eigenvalue weighted by Crippen LogP contribution is -2.46. The summed E-state index contributed by atoms with van der Waals surface area (Å²) in [5, 5.41) is 7.54. The minimum Gasteiger partial charge on any atom is -0.494 e. The van der Waals surface area contributed by atoms with E-state index in [4.69, 9.17) is 10.5 Å². The molecule has 0 fully saturated rings. The Balaban J connectivity index is 0.00000364. The minimum absolute atomic E-state index is 0. The lowest BCUT2D eigenvalue weighted by Gasteiger charge is -2.14. The van der Waals surface area contributed by atoms with Gasteiger partial charge in [-0.15, -0.1) is 23.7 Å². The van der Waals surface area contributed by atoms with Crippen molar-refractivity contribution in [1.82, 2.24) is 10.3 Å². The van der Waals surface area contributed by atoms with Gasteiger partial charge in [-0.05, 0) is 37.1 Å². The van der Waals surface area contributed by atoms with E-state index in [-0.39, 0.29) is 36.7 Å². The number of ether oxygens (including phenoxy) is 1. The number of carbonyl (C=O) groups is 2.